The molecule has 21 heavy (non-hydrogen) atoms. The molecule has 1 rings (SSSR count). The maximum Gasteiger partial charge on any atom is 0.303 e. The third-order valence-corrected chi connectivity index (χ3v) is 3.73. The Kier molecular flexibility index (Phi) is 6.88. The van der Waals surface area contributed by atoms with Gasteiger partial charge in [0.1, 0.15) is 0 Å². The number of nitrogens with two attached hydrogens (primary N) is 1. The second kappa shape index (κ2) is 8.42. The molecular formula is C16H24N2O3. The smallest absolute Gasteiger partial charge is 0.303 e. The first-order valence-corrected chi connectivity index (χ1v) is 7.28. The monoisotopic (exact) mass is 292 g/mol. The average Bonchev–Trinajstić information content (AvgIpc) is 2.50. The van der Waals surface area contributed by atoms with Gasteiger partial charge >= 0.3 is 5.97 Å². The van der Waals surface area contributed by atoms with Crippen LogP contribution in [-0.2, 0) is 9.59 Å². The zero-order valence-electron chi connectivity index (χ0n) is 12.6. The van der Waals surface area contributed by atoms with Crippen molar-refractivity contribution < 1.29 is 14.7 Å². The molecule has 0 bridgehead atoms. The summed E-state index contributed by atoms with van der Waals surface area (Å²) in [4.78, 5) is 23.0. The SMILES string of the molecule is CC[C@H](C)[C@H](N)C(=O)NC(CCC(=O)O)c1ccccc1. The molecule has 5 nitrogen and oxygen atoms in total. The van der Waals surface area contributed by atoms with Gasteiger partial charge in [0, 0.05) is 6.42 Å². The number of hydrogen-bond donors (Lipinski definition) is 3. The summed E-state index contributed by atoms with van der Waals surface area (Å²) in [5.74, 6) is -1.03. The molecule has 1 unspecified atom stereocenters. The van der Waals surface area contributed by atoms with Gasteiger partial charge in [0.2, 0.25) is 5.91 Å². The molecule has 116 valence electrons. The van der Waals surface area contributed by atoms with Crippen LogP contribution in [0.3, 0.4) is 0 Å². The molecule has 0 radical (unpaired) electrons. The minimum Gasteiger partial charge on any atom is -0.481 e. The Balaban J connectivity index is 2.78. The molecule has 0 aliphatic carbocycles. The van der Waals surface area contributed by atoms with Crippen molar-refractivity contribution in [2.75, 3.05) is 0 Å². The number of rotatable bonds is 8. The van der Waals surface area contributed by atoms with Crippen molar-refractivity contribution in [1.29, 1.82) is 0 Å². The molecule has 0 fully saturated rings. The van der Waals surface area contributed by atoms with Gasteiger partial charge in [-0.1, -0.05) is 50.6 Å². The number of carboxylic acids is 1. The lowest BCUT2D eigenvalue weighted by atomic mass is 9.97. The van der Waals surface area contributed by atoms with E-state index in [1.165, 1.54) is 0 Å². The molecule has 0 aromatic heterocycles. The Morgan fingerprint density at radius 3 is 2.43 bits per heavy atom. The second-order valence-corrected chi connectivity index (χ2v) is 5.32. The molecule has 4 N–H and O–H groups in total. The van der Waals surface area contributed by atoms with Crippen LogP contribution >= 0.6 is 0 Å². The highest BCUT2D eigenvalue weighted by Gasteiger charge is 2.23. The first-order chi connectivity index (χ1) is 9.95. The number of benzene rings is 1. The van der Waals surface area contributed by atoms with Crippen molar-refractivity contribution in [2.45, 2.75) is 45.2 Å². The molecule has 0 saturated heterocycles. The summed E-state index contributed by atoms with van der Waals surface area (Å²) in [6, 6.07) is 8.46. The third kappa shape index (κ3) is 5.55. The molecule has 1 amide bonds. The van der Waals surface area contributed by atoms with Crippen molar-refractivity contribution in [2.24, 2.45) is 11.7 Å². The van der Waals surface area contributed by atoms with E-state index in [2.05, 4.69) is 5.32 Å². The highest BCUT2D eigenvalue weighted by Crippen LogP contribution is 2.19. The van der Waals surface area contributed by atoms with Gasteiger partial charge in [-0.3, -0.25) is 9.59 Å². The van der Waals surface area contributed by atoms with E-state index in [1.807, 2.05) is 44.2 Å². The summed E-state index contributed by atoms with van der Waals surface area (Å²) in [6.07, 6.45) is 1.16. The van der Waals surface area contributed by atoms with Crippen LogP contribution in [0.4, 0.5) is 0 Å². The lowest BCUT2D eigenvalue weighted by Crippen LogP contribution is -2.45. The highest BCUT2D eigenvalue weighted by atomic mass is 16.4. The van der Waals surface area contributed by atoms with Crippen LogP contribution < -0.4 is 11.1 Å². The van der Waals surface area contributed by atoms with Crippen molar-refractivity contribution in [3.8, 4) is 0 Å². The summed E-state index contributed by atoms with van der Waals surface area (Å²) in [5.41, 5.74) is 6.82. The molecule has 3 atom stereocenters. The Labute approximate surface area is 125 Å². The van der Waals surface area contributed by atoms with E-state index < -0.39 is 12.0 Å². The van der Waals surface area contributed by atoms with Gasteiger partial charge in [-0.2, -0.15) is 0 Å². The third-order valence-electron chi connectivity index (χ3n) is 3.73. The fourth-order valence-corrected chi connectivity index (χ4v) is 2.06. The van der Waals surface area contributed by atoms with Crippen molar-refractivity contribution in [3.05, 3.63) is 35.9 Å². The lowest BCUT2D eigenvalue weighted by molar-refractivity contribution is -0.137. The van der Waals surface area contributed by atoms with Crippen molar-refractivity contribution in [3.63, 3.8) is 0 Å². The van der Waals surface area contributed by atoms with E-state index in [1.54, 1.807) is 0 Å². The standard InChI is InChI=1S/C16H24N2O3/c1-3-11(2)15(17)16(21)18-13(9-10-14(19)20)12-7-5-4-6-8-12/h4-8,11,13,15H,3,9-10,17H2,1-2H3,(H,18,21)(H,19,20)/t11-,13?,15-/m0/s1. The van der Waals surface area contributed by atoms with Crippen molar-refractivity contribution in [1.82, 2.24) is 5.32 Å². The summed E-state index contributed by atoms with van der Waals surface area (Å²) < 4.78 is 0. The Morgan fingerprint density at radius 2 is 1.90 bits per heavy atom. The number of aliphatic carboxylic acids is 1. The number of carboxylic acid groups (broad SMARTS) is 1. The summed E-state index contributed by atoms with van der Waals surface area (Å²) in [5, 5.41) is 11.7. The fraction of sp³-hybridized carbons (Fsp3) is 0.500. The highest BCUT2D eigenvalue weighted by molar-refractivity contribution is 5.82. The first kappa shape index (κ1) is 17.2. The zero-order chi connectivity index (χ0) is 15.8. The zero-order valence-corrected chi connectivity index (χ0v) is 12.6. The minimum absolute atomic E-state index is 0.00158. The van der Waals surface area contributed by atoms with E-state index in [-0.39, 0.29) is 24.3 Å². The van der Waals surface area contributed by atoms with E-state index in [0.717, 1.165) is 12.0 Å². The van der Waals surface area contributed by atoms with Crippen LogP contribution in [0.25, 0.3) is 0 Å². The number of amides is 1. The average molecular weight is 292 g/mol. The van der Waals surface area contributed by atoms with E-state index in [4.69, 9.17) is 10.8 Å². The molecule has 0 aliphatic heterocycles. The molecule has 0 spiro atoms. The number of carbonyl (C=O) groups is 2. The predicted molar refractivity (Wildman–Crippen MR) is 81.6 cm³/mol. The van der Waals surface area contributed by atoms with E-state index in [9.17, 15) is 9.59 Å². The topological polar surface area (TPSA) is 92.4 Å². The fourth-order valence-electron chi connectivity index (χ4n) is 2.06. The molecule has 0 aliphatic rings. The molecule has 0 heterocycles. The van der Waals surface area contributed by atoms with Crippen LogP contribution in [0.5, 0.6) is 0 Å². The molecular weight excluding hydrogens is 268 g/mol. The van der Waals surface area contributed by atoms with Crippen LogP contribution in [0, 0.1) is 5.92 Å². The Bertz CT molecular complexity index is 462. The maximum absolute atomic E-state index is 12.2. The predicted octanol–water partition coefficient (Wildman–Crippen LogP) is 2.08. The Hall–Kier alpha value is -1.88. The van der Waals surface area contributed by atoms with Crippen LogP contribution in [0.1, 0.15) is 44.7 Å². The second-order valence-electron chi connectivity index (χ2n) is 5.32. The van der Waals surface area contributed by atoms with Gasteiger partial charge in [-0.15, -0.1) is 0 Å². The first-order valence-electron chi connectivity index (χ1n) is 7.28. The van der Waals surface area contributed by atoms with E-state index in [0.29, 0.717) is 6.42 Å². The van der Waals surface area contributed by atoms with Crippen molar-refractivity contribution >= 4 is 11.9 Å². The quantitative estimate of drug-likeness (QED) is 0.684. The maximum atomic E-state index is 12.2. The molecule has 5 heteroatoms. The van der Waals surface area contributed by atoms with Gasteiger partial charge < -0.3 is 16.2 Å². The van der Waals surface area contributed by atoms with Gasteiger partial charge in [0.05, 0.1) is 12.1 Å². The van der Waals surface area contributed by atoms with Crippen LogP contribution in [-0.4, -0.2) is 23.0 Å². The minimum atomic E-state index is -0.878. The summed E-state index contributed by atoms with van der Waals surface area (Å²) in [6.45, 7) is 3.91. The van der Waals surface area contributed by atoms with Crippen LogP contribution in [0.15, 0.2) is 30.3 Å². The largest absolute Gasteiger partial charge is 0.481 e. The normalized spacial score (nSPS) is 15.0. The van der Waals surface area contributed by atoms with Gasteiger partial charge in [-0.25, -0.2) is 0 Å². The van der Waals surface area contributed by atoms with Gasteiger partial charge in [-0.05, 0) is 17.9 Å². The van der Waals surface area contributed by atoms with Gasteiger partial charge in [0.25, 0.3) is 0 Å². The van der Waals surface area contributed by atoms with Gasteiger partial charge in [0.15, 0.2) is 0 Å². The molecule has 1 aromatic carbocycles. The summed E-state index contributed by atoms with van der Waals surface area (Å²) >= 11 is 0. The molecule has 1 aromatic rings. The lowest BCUT2D eigenvalue weighted by Gasteiger charge is -2.23. The number of carbonyl (C=O) groups excluding carboxylic acids is 1. The molecule has 0 saturated carbocycles. The Morgan fingerprint density at radius 1 is 1.29 bits per heavy atom. The van der Waals surface area contributed by atoms with E-state index >= 15 is 0 Å². The van der Waals surface area contributed by atoms with Crippen LogP contribution in [0.2, 0.25) is 0 Å². The number of hydrogen-bond acceptors (Lipinski definition) is 3. The summed E-state index contributed by atoms with van der Waals surface area (Å²) in [7, 11) is 0. The number of nitrogens with one attached hydrogen (secondary N) is 1.